The second kappa shape index (κ2) is 8.31. The summed E-state index contributed by atoms with van der Waals surface area (Å²) in [6.45, 7) is 0. The smallest absolute Gasteiger partial charge is 0.357 e. The van der Waals surface area contributed by atoms with E-state index in [1.807, 2.05) is 0 Å². The Morgan fingerprint density at radius 2 is 1.76 bits per heavy atom. The lowest BCUT2D eigenvalue weighted by molar-refractivity contribution is -0.386. The first kappa shape index (κ1) is 19.7. The molecule has 0 unspecified atom stereocenters. The zero-order valence-electron chi connectivity index (χ0n) is 14.5. The molecule has 0 saturated carbocycles. The van der Waals surface area contributed by atoms with Crippen molar-refractivity contribution in [3.8, 4) is 5.75 Å². The van der Waals surface area contributed by atoms with Crippen molar-refractivity contribution >= 4 is 40.8 Å². The van der Waals surface area contributed by atoms with Gasteiger partial charge in [-0.3, -0.25) is 19.9 Å². The Balaban J connectivity index is 1.95. The molecule has 1 aromatic heterocycles. The van der Waals surface area contributed by atoms with Crippen LogP contribution in [-0.2, 0) is 0 Å². The number of hydrogen-bond acceptors (Lipinski definition) is 7. The van der Waals surface area contributed by atoms with Crippen LogP contribution in [0.15, 0.2) is 62.3 Å². The first-order valence-electron chi connectivity index (χ1n) is 8.03. The summed E-state index contributed by atoms with van der Waals surface area (Å²) in [5.74, 6) is -0.141. The van der Waals surface area contributed by atoms with Gasteiger partial charge in [-0.2, -0.15) is 10.2 Å². The topological polar surface area (TPSA) is 154 Å². The van der Waals surface area contributed by atoms with Crippen molar-refractivity contribution in [2.24, 2.45) is 10.2 Å². The summed E-state index contributed by atoms with van der Waals surface area (Å²) < 4.78 is 0. The van der Waals surface area contributed by atoms with E-state index in [0.717, 1.165) is 6.08 Å². The summed E-state index contributed by atoms with van der Waals surface area (Å²) in [4.78, 5) is 37.2. The van der Waals surface area contributed by atoms with Crippen molar-refractivity contribution in [3.05, 3.63) is 89.7 Å². The van der Waals surface area contributed by atoms with Crippen LogP contribution in [0.2, 0.25) is 5.02 Å². The fourth-order valence-corrected chi connectivity index (χ4v) is 2.55. The fraction of sp³-hybridized carbons (Fsp3) is 0. The number of nitrogens with zero attached hydrogens (tertiary/aromatic N) is 3. The summed E-state index contributed by atoms with van der Waals surface area (Å²) in [5, 5.41) is 29.7. The minimum Gasteiger partial charge on any atom is -0.507 e. The molecule has 2 aromatic carbocycles. The predicted octanol–water partition coefficient (Wildman–Crippen LogP) is 3.92. The van der Waals surface area contributed by atoms with Gasteiger partial charge in [0.25, 0.3) is 0 Å². The van der Waals surface area contributed by atoms with Gasteiger partial charge in [0, 0.05) is 10.6 Å². The number of nitrogens with one attached hydrogen (secondary N) is 2. The maximum atomic E-state index is 11.6. The third kappa shape index (κ3) is 4.82. The number of rotatable bonds is 5. The molecule has 3 aromatic rings. The Hall–Kier alpha value is -4.05. The summed E-state index contributed by atoms with van der Waals surface area (Å²) in [5.41, 5.74) is -2.01. The maximum Gasteiger partial charge on any atom is 0.357 e. The van der Waals surface area contributed by atoms with Gasteiger partial charge in [-0.1, -0.05) is 17.7 Å². The second-order valence-corrected chi connectivity index (χ2v) is 6.12. The fourth-order valence-electron chi connectivity index (χ4n) is 2.36. The molecule has 3 N–H and O–H groups in total. The van der Waals surface area contributed by atoms with Gasteiger partial charge in [0.2, 0.25) is 0 Å². The average Bonchev–Trinajstić information content (AvgIpc) is 2.65. The minimum atomic E-state index is -1.13. The third-order valence-electron chi connectivity index (χ3n) is 3.66. The number of benzene rings is 2. The van der Waals surface area contributed by atoms with Crippen LogP contribution in [0.25, 0.3) is 12.2 Å². The van der Waals surface area contributed by atoms with Gasteiger partial charge in [0.05, 0.1) is 16.3 Å². The molecule has 0 aliphatic rings. The first-order valence-corrected chi connectivity index (χ1v) is 8.40. The Labute approximate surface area is 167 Å². The Morgan fingerprint density at radius 1 is 1.03 bits per heavy atom. The number of H-pyrrole nitrogens is 2. The van der Waals surface area contributed by atoms with Gasteiger partial charge in [-0.05, 0) is 48.6 Å². The van der Waals surface area contributed by atoms with Crippen LogP contribution in [0.4, 0.5) is 17.1 Å². The van der Waals surface area contributed by atoms with E-state index in [4.69, 9.17) is 11.6 Å². The number of aromatic amines is 2. The van der Waals surface area contributed by atoms with Crippen LogP contribution in [0, 0.1) is 10.1 Å². The lowest BCUT2D eigenvalue weighted by atomic mass is 10.1. The molecule has 10 nitrogen and oxygen atoms in total. The molecule has 0 amide bonds. The van der Waals surface area contributed by atoms with Gasteiger partial charge in [0.1, 0.15) is 11.4 Å². The molecule has 0 saturated heterocycles. The molecule has 0 spiro atoms. The number of phenols is 1. The van der Waals surface area contributed by atoms with Crippen molar-refractivity contribution in [2.45, 2.75) is 0 Å². The highest BCUT2D eigenvalue weighted by Gasteiger charge is 2.18. The number of aromatic hydroxyl groups is 1. The summed E-state index contributed by atoms with van der Waals surface area (Å²) >= 11 is 5.89. The minimum absolute atomic E-state index is 0.141. The molecule has 0 atom stereocenters. The molecule has 29 heavy (non-hydrogen) atoms. The zero-order chi connectivity index (χ0) is 21.0. The van der Waals surface area contributed by atoms with E-state index < -0.39 is 21.9 Å². The van der Waals surface area contributed by atoms with E-state index in [2.05, 4.69) is 15.2 Å². The standard InChI is InChI=1S/C18H12ClN5O5/c19-11-2-1-3-12(9-11)22-23-13-5-7-15(25)10(8-13)4-6-14-16(24(28)29)17(26)21-18(27)20-14/h1-9,25H,(H2,20,21,26,27). The number of phenolic OH excluding ortho intramolecular Hbond substituents is 1. The molecule has 11 heteroatoms. The van der Waals surface area contributed by atoms with Crippen molar-refractivity contribution < 1.29 is 10.0 Å². The summed E-state index contributed by atoms with van der Waals surface area (Å²) in [6, 6.07) is 11.1. The molecule has 0 aliphatic carbocycles. The van der Waals surface area contributed by atoms with E-state index in [1.54, 1.807) is 29.2 Å². The molecule has 0 aliphatic heterocycles. The Morgan fingerprint density at radius 3 is 2.45 bits per heavy atom. The Kier molecular flexibility index (Phi) is 5.65. The van der Waals surface area contributed by atoms with Crippen molar-refractivity contribution in [3.63, 3.8) is 0 Å². The molecular weight excluding hydrogens is 402 g/mol. The van der Waals surface area contributed by atoms with Gasteiger partial charge in [0.15, 0.2) is 0 Å². The third-order valence-corrected chi connectivity index (χ3v) is 3.89. The van der Waals surface area contributed by atoms with Crippen LogP contribution < -0.4 is 11.2 Å². The van der Waals surface area contributed by atoms with Crippen LogP contribution in [0.3, 0.4) is 0 Å². The molecule has 146 valence electrons. The van der Waals surface area contributed by atoms with Gasteiger partial charge in [-0.25, -0.2) is 4.79 Å². The van der Waals surface area contributed by atoms with E-state index in [1.165, 1.54) is 24.3 Å². The molecule has 1 heterocycles. The summed E-state index contributed by atoms with van der Waals surface area (Å²) in [6.07, 6.45) is 2.44. The van der Waals surface area contributed by atoms with Crippen LogP contribution in [0.5, 0.6) is 5.75 Å². The second-order valence-electron chi connectivity index (χ2n) is 5.68. The number of hydrogen-bond donors (Lipinski definition) is 3. The zero-order valence-corrected chi connectivity index (χ0v) is 15.3. The lowest BCUT2D eigenvalue weighted by Gasteiger charge is -2.01. The maximum absolute atomic E-state index is 11.6. The van der Waals surface area contributed by atoms with E-state index >= 15 is 0 Å². The highest BCUT2D eigenvalue weighted by Crippen LogP contribution is 2.27. The number of azo groups is 1. The number of halogens is 1. The van der Waals surface area contributed by atoms with Gasteiger partial charge < -0.3 is 10.1 Å². The monoisotopic (exact) mass is 413 g/mol. The lowest BCUT2D eigenvalue weighted by Crippen LogP contribution is -2.25. The summed E-state index contributed by atoms with van der Waals surface area (Å²) in [7, 11) is 0. The van der Waals surface area contributed by atoms with Gasteiger partial charge >= 0.3 is 16.9 Å². The van der Waals surface area contributed by atoms with E-state index in [0.29, 0.717) is 16.4 Å². The molecule has 0 radical (unpaired) electrons. The first-order chi connectivity index (χ1) is 13.8. The van der Waals surface area contributed by atoms with E-state index in [-0.39, 0.29) is 17.0 Å². The molecular formula is C18H12ClN5O5. The molecule has 3 rings (SSSR count). The Bertz CT molecular complexity index is 1260. The highest BCUT2D eigenvalue weighted by molar-refractivity contribution is 6.30. The quantitative estimate of drug-likeness (QED) is 0.328. The van der Waals surface area contributed by atoms with Crippen LogP contribution in [0.1, 0.15) is 11.3 Å². The predicted molar refractivity (Wildman–Crippen MR) is 107 cm³/mol. The normalized spacial score (nSPS) is 11.3. The highest BCUT2D eigenvalue weighted by atomic mass is 35.5. The van der Waals surface area contributed by atoms with Crippen molar-refractivity contribution in [1.29, 1.82) is 0 Å². The van der Waals surface area contributed by atoms with Gasteiger partial charge in [-0.15, -0.1) is 0 Å². The van der Waals surface area contributed by atoms with Crippen molar-refractivity contribution in [1.82, 2.24) is 9.97 Å². The number of aromatic nitrogens is 2. The molecule has 0 fully saturated rings. The molecule has 0 bridgehead atoms. The SMILES string of the molecule is O=c1[nH]c(C=Cc2cc(N=Nc3cccc(Cl)c3)ccc2O)c([N+](=O)[O-])c(=O)[nH]1. The average molecular weight is 414 g/mol. The van der Waals surface area contributed by atoms with E-state index in [9.17, 15) is 24.8 Å². The van der Waals surface area contributed by atoms with Crippen LogP contribution >= 0.6 is 11.6 Å². The number of nitro groups is 1. The van der Waals surface area contributed by atoms with Crippen LogP contribution in [-0.4, -0.2) is 20.0 Å². The van der Waals surface area contributed by atoms with Crippen molar-refractivity contribution in [2.75, 3.05) is 0 Å². The largest absolute Gasteiger partial charge is 0.507 e.